The quantitative estimate of drug-likeness (QED) is 0.600. The summed E-state index contributed by atoms with van der Waals surface area (Å²) in [4.78, 5) is 30.5. The summed E-state index contributed by atoms with van der Waals surface area (Å²) in [6.45, 7) is 1.06. The Balaban J connectivity index is 1.52. The lowest BCUT2D eigenvalue weighted by Gasteiger charge is -2.28. The van der Waals surface area contributed by atoms with E-state index in [1.165, 1.54) is 10.5 Å². The number of nitrogens with zero attached hydrogens (tertiary/aromatic N) is 4. The van der Waals surface area contributed by atoms with Gasteiger partial charge in [-0.1, -0.05) is 17.3 Å². The normalized spacial score (nSPS) is 17.5. The molecule has 1 aliphatic heterocycles. The molecule has 1 aromatic carbocycles. The summed E-state index contributed by atoms with van der Waals surface area (Å²) in [5, 5.41) is 13.4. The summed E-state index contributed by atoms with van der Waals surface area (Å²) < 4.78 is 0. The summed E-state index contributed by atoms with van der Waals surface area (Å²) in [5.41, 5.74) is 7.32. The van der Waals surface area contributed by atoms with E-state index in [4.69, 9.17) is 9.82 Å². The first-order valence-corrected chi connectivity index (χ1v) is 10.9. The monoisotopic (exact) mass is 431 g/mol. The van der Waals surface area contributed by atoms with Gasteiger partial charge in [0.1, 0.15) is 12.9 Å². The number of amides is 1. The molecule has 3 aromatic rings. The zero-order valence-electron chi connectivity index (χ0n) is 17.9. The highest BCUT2D eigenvalue weighted by atomic mass is 16.6. The zero-order chi connectivity index (χ0) is 22.1. The van der Waals surface area contributed by atoms with Crippen molar-refractivity contribution in [2.24, 2.45) is 5.16 Å². The van der Waals surface area contributed by atoms with Gasteiger partial charge in [0.15, 0.2) is 0 Å². The third kappa shape index (κ3) is 3.72. The number of aromatic amines is 1. The van der Waals surface area contributed by atoms with Gasteiger partial charge in [-0.25, -0.2) is 9.78 Å². The second-order valence-electron chi connectivity index (χ2n) is 8.22. The fourth-order valence-corrected chi connectivity index (χ4v) is 4.69. The van der Waals surface area contributed by atoms with Gasteiger partial charge in [0, 0.05) is 48.1 Å². The van der Waals surface area contributed by atoms with Crippen LogP contribution >= 0.6 is 0 Å². The van der Waals surface area contributed by atoms with E-state index in [1.807, 2.05) is 12.1 Å². The summed E-state index contributed by atoms with van der Waals surface area (Å²) in [6.07, 6.45) is 6.03. The number of pyridine rings is 1. The van der Waals surface area contributed by atoms with Crippen molar-refractivity contribution in [1.29, 1.82) is 0 Å². The number of H-pyrrole nitrogens is 1. The number of oxime groups is 1. The van der Waals surface area contributed by atoms with Crippen LogP contribution in [-0.4, -0.2) is 57.0 Å². The van der Waals surface area contributed by atoms with Crippen molar-refractivity contribution in [2.75, 3.05) is 20.2 Å². The first-order valence-electron chi connectivity index (χ1n) is 10.9. The van der Waals surface area contributed by atoms with Gasteiger partial charge in [-0.3, -0.25) is 4.98 Å². The van der Waals surface area contributed by atoms with Crippen LogP contribution in [0.15, 0.2) is 47.9 Å². The van der Waals surface area contributed by atoms with Crippen molar-refractivity contribution in [3.8, 4) is 22.5 Å². The van der Waals surface area contributed by atoms with E-state index < -0.39 is 6.09 Å². The molecule has 1 amide bonds. The van der Waals surface area contributed by atoms with Gasteiger partial charge < -0.3 is 19.8 Å². The molecule has 0 unspecified atom stereocenters. The lowest BCUT2D eigenvalue weighted by molar-refractivity contribution is 0.131. The highest BCUT2D eigenvalue weighted by Crippen LogP contribution is 2.36. The molecule has 0 saturated carbocycles. The van der Waals surface area contributed by atoms with E-state index in [0.29, 0.717) is 13.1 Å². The Hall–Kier alpha value is -3.68. The van der Waals surface area contributed by atoms with Crippen LogP contribution in [0.5, 0.6) is 0 Å². The molecular formula is C24H25N5O3. The average molecular weight is 431 g/mol. The number of rotatable bonds is 4. The zero-order valence-corrected chi connectivity index (χ0v) is 17.9. The van der Waals surface area contributed by atoms with Crippen molar-refractivity contribution in [3.63, 3.8) is 0 Å². The minimum Gasteiger partial charge on any atom is -0.465 e. The number of benzene rings is 1. The molecule has 2 aliphatic rings. The third-order valence-corrected chi connectivity index (χ3v) is 6.37. The molecule has 5 rings (SSSR count). The van der Waals surface area contributed by atoms with Crippen LogP contribution in [0.25, 0.3) is 22.5 Å². The van der Waals surface area contributed by atoms with Crippen molar-refractivity contribution in [3.05, 3.63) is 59.7 Å². The molecule has 2 N–H and O–H groups in total. The molecule has 164 valence electrons. The van der Waals surface area contributed by atoms with Crippen molar-refractivity contribution in [1.82, 2.24) is 19.9 Å². The van der Waals surface area contributed by atoms with Gasteiger partial charge in [0.2, 0.25) is 0 Å². The Morgan fingerprint density at radius 3 is 2.66 bits per heavy atom. The predicted molar refractivity (Wildman–Crippen MR) is 121 cm³/mol. The minimum atomic E-state index is -0.851. The van der Waals surface area contributed by atoms with Gasteiger partial charge in [-0.05, 0) is 49.4 Å². The molecule has 0 spiro atoms. The van der Waals surface area contributed by atoms with Crippen LogP contribution < -0.4 is 0 Å². The number of carboxylic acid groups (broad SMARTS) is 1. The Kier molecular flexibility index (Phi) is 5.34. The smallest absolute Gasteiger partial charge is 0.407 e. The maximum absolute atomic E-state index is 11.3. The Morgan fingerprint density at radius 1 is 1.16 bits per heavy atom. The molecule has 1 aliphatic carbocycles. The van der Waals surface area contributed by atoms with E-state index in [-0.39, 0.29) is 5.92 Å². The SMILES string of the molecule is CON=C1CCc2cc(-c3nc(C4CCN(C(=O)O)CC4)[nH]c3-c3ccncc3)ccc21. The molecule has 1 fully saturated rings. The number of hydrogen-bond donors (Lipinski definition) is 2. The Bertz CT molecular complexity index is 1160. The van der Waals surface area contributed by atoms with Crippen LogP contribution in [0.2, 0.25) is 0 Å². The number of imidazole rings is 1. The summed E-state index contributed by atoms with van der Waals surface area (Å²) in [6, 6.07) is 10.3. The molecule has 0 bridgehead atoms. The Labute approximate surface area is 186 Å². The molecule has 8 nitrogen and oxygen atoms in total. The summed E-state index contributed by atoms with van der Waals surface area (Å²) in [5.74, 6) is 1.12. The lowest BCUT2D eigenvalue weighted by atomic mass is 9.96. The largest absolute Gasteiger partial charge is 0.465 e. The van der Waals surface area contributed by atoms with Crippen molar-refractivity contribution >= 4 is 11.8 Å². The number of carbonyl (C=O) groups is 1. The van der Waals surface area contributed by atoms with E-state index in [0.717, 1.165) is 65.3 Å². The first-order chi connectivity index (χ1) is 15.6. The molecule has 1 saturated heterocycles. The molecule has 8 heteroatoms. The topological polar surface area (TPSA) is 104 Å². The van der Waals surface area contributed by atoms with E-state index in [9.17, 15) is 9.90 Å². The number of piperidine rings is 1. The summed E-state index contributed by atoms with van der Waals surface area (Å²) >= 11 is 0. The second-order valence-corrected chi connectivity index (χ2v) is 8.22. The highest BCUT2D eigenvalue weighted by molar-refractivity contribution is 6.04. The maximum Gasteiger partial charge on any atom is 0.407 e. The van der Waals surface area contributed by atoms with Crippen molar-refractivity contribution in [2.45, 2.75) is 31.6 Å². The molecule has 2 aromatic heterocycles. The molecule has 32 heavy (non-hydrogen) atoms. The van der Waals surface area contributed by atoms with Crippen LogP contribution in [0.1, 0.15) is 42.1 Å². The van der Waals surface area contributed by atoms with Gasteiger partial charge >= 0.3 is 6.09 Å². The van der Waals surface area contributed by atoms with Gasteiger partial charge in [-0.2, -0.15) is 0 Å². The lowest BCUT2D eigenvalue weighted by Crippen LogP contribution is -2.37. The molecule has 0 atom stereocenters. The molecular weight excluding hydrogens is 406 g/mol. The number of nitrogens with one attached hydrogen (secondary N) is 1. The van der Waals surface area contributed by atoms with Crippen LogP contribution in [0, 0.1) is 0 Å². The van der Waals surface area contributed by atoms with Gasteiger partial charge in [0.25, 0.3) is 0 Å². The summed E-state index contributed by atoms with van der Waals surface area (Å²) in [7, 11) is 1.58. The average Bonchev–Trinajstić information content (AvgIpc) is 3.44. The third-order valence-electron chi connectivity index (χ3n) is 6.37. The van der Waals surface area contributed by atoms with E-state index in [1.54, 1.807) is 19.5 Å². The molecule has 3 heterocycles. The number of likely N-dealkylation sites (tertiary alicyclic amines) is 1. The fourth-order valence-electron chi connectivity index (χ4n) is 4.69. The van der Waals surface area contributed by atoms with Crippen LogP contribution in [-0.2, 0) is 11.3 Å². The van der Waals surface area contributed by atoms with Crippen molar-refractivity contribution < 1.29 is 14.7 Å². The fraction of sp³-hybridized carbons (Fsp3) is 0.333. The highest BCUT2D eigenvalue weighted by Gasteiger charge is 2.27. The number of fused-ring (bicyclic) bond motifs is 1. The predicted octanol–water partition coefficient (Wildman–Crippen LogP) is 4.29. The second kappa shape index (κ2) is 8.45. The number of aryl methyl sites for hydroxylation is 1. The molecule has 0 radical (unpaired) electrons. The first kappa shape index (κ1) is 20.2. The Morgan fingerprint density at radius 2 is 1.94 bits per heavy atom. The van der Waals surface area contributed by atoms with Gasteiger partial charge in [0.05, 0.1) is 17.1 Å². The maximum atomic E-state index is 11.3. The van der Waals surface area contributed by atoms with E-state index >= 15 is 0 Å². The number of hydrogen-bond acceptors (Lipinski definition) is 5. The van der Waals surface area contributed by atoms with E-state index in [2.05, 4.69) is 33.3 Å². The number of aromatic nitrogens is 3. The van der Waals surface area contributed by atoms with Gasteiger partial charge in [-0.15, -0.1) is 0 Å². The standard InChI is InChI=1S/C24H25N5O3/c1-32-28-20-5-3-17-14-18(2-4-19(17)20)22-21(15-6-10-25-11-7-15)26-23(27-22)16-8-12-29(13-9-16)24(30)31/h2,4,6-7,10-11,14,16H,3,5,8-9,12-13H2,1H3,(H,26,27)(H,30,31). The van der Waals surface area contributed by atoms with Crippen LogP contribution in [0.3, 0.4) is 0 Å². The minimum absolute atomic E-state index is 0.204. The van der Waals surface area contributed by atoms with Crippen LogP contribution in [0.4, 0.5) is 4.79 Å².